The van der Waals surface area contributed by atoms with Gasteiger partial charge in [-0.15, -0.1) is 0 Å². The number of carboxylic acid groups (broad SMARTS) is 1. The second-order valence-electron chi connectivity index (χ2n) is 6.78. The van der Waals surface area contributed by atoms with Gasteiger partial charge in [-0.2, -0.15) is 15.3 Å². The van der Waals surface area contributed by atoms with Gasteiger partial charge in [0.05, 0.1) is 38.0 Å². The summed E-state index contributed by atoms with van der Waals surface area (Å²) in [6.45, 7) is 2.39. The van der Waals surface area contributed by atoms with E-state index in [9.17, 15) is 4.79 Å². The van der Waals surface area contributed by atoms with Crippen LogP contribution in [0.25, 0.3) is 11.0 Å². The number of nitrogens with zero attached hydrogens (tertiary/aromatic N) is 6. The highest BCUT2D eigenvalue weighted by atomic mass is 16.5. The number of nitrogens with one attached hydrogen (secondary N) is 2. The highest BCUT2D eigenvalue weighted by molar-refractivity contribution is 5.89. The minimum atomic E-state index is -1.28. The molecule has 12 heteroatoms. The number of methoxy groups -OCH3 is 1. The second kappa shape index (κ2) is 8.60. The molecule has 1 aromatic carbocycles. The summed E-state index contributed by atoms with van der Waals surface area (Å²) in [5.41, 5.74) is 2.93. The molecule has 0 aliphatic rings. The molecule has 0 aliphatic carbocycles. The van der Waals surface area contributed by atoms with E-state index in [1.165, 1.54) is 13.3 Å². The Labute approximate surface area is 181 Å². The third kappa shape index (κ3) is 4.26. The molecule has 0 saturated heterocycles. The minimum Gasteiger partial charge on any atom is -0.496 e. The van der Waals surface area contributed by atoms with Gasteiger partial charge >= 0.3 is 6.09 Å². The van der Waals surface area contributed by atoms with Crippen molar-refractivity contribution in [3.05, 3.63) is 53.0 Å². The predicted molar refractivity (Wildman–Crippen MR) is 112 cm³/mol. The van der Waals surface area contributed by atoms with E-state index >= 15 is 0 Å². The zero-order chi connectivity index (χ0) is 22.7. The van der Waals surface area contributed by atoms with Gasteiger partial charge in [0.15, 0.2) is 5.82 Å². The summed E-state index contributed by atoms with van der Waals surface area (Å²) >= 11 is 0. The van der Waals surface area contributed by atoms with Crippen LogP contribution in [0.4, 0.5) is 16.6 Å². The van der Waals surface area contributed by atoms with Crippen molar-refractivity contribution in [2.75, 3.05) is 17.7 Å². The van der Waals surface area contributed by atoms with Crippen LogP contribution in [0.15, 0.2) is 35.0 Å². The maximum absolute atomic E-state index is 11.1. The van der Waals surface area contributed by atoms with Gasteiger partial charge in [0, 0.05) is 11.6 Å². The van der Waals surface area contributed by atoms with Gasteiger partial charge in [0.2, 0.25) is 5.95 Å². The van der Waals surface area contributed by atoms with Crippen molar-refractivity contribution in [3.63, 3.8) is 0 Å². The number of nitriles is 1. The van der Waals surface area contributed by atoms with Crippen molar-refractivity contribution in [3.8, 4) is 11.8 Å². The lowest BCUT2D eigenvalue weighted by Gasteiger charge is -2.12. The molecule has 0 atom stereocenters. The van der Waals surface area contributed by atoms with E-state index in [1.807, 2.05) is 0 Å². The molecule has 0 fully saturated rings. The van der Waals surface area contributed by atoms with Crippen LogP contribution in [0, 0.1) is 18.3 Å². The number of benzene rings is 1. The zero-order valence-electron chi connectivity index (χ0n) is 17.2. The fraction of sp³-hybridized carbons (Fsp3) is 0.200. The van der Waals surface area contributed by atoms with Gasteiger partial charge in [-0.25, -0.2) is 9.78 Å². The Morgan fingerprint density at radius 1 is 1.34 bits per heavy atom. The summed E-state index contributed by atoms with van der Waals surface area (Å²) in [5.74, 6) is 1.50. The standard InChI is InChI=1S/C20H18N8O4/c1-11-5-14(27-32-11)8-22-18-17-15(24-19(25-18)26-20(29)30)9-23-28(17)10-13-4-3-12(7-21)6-16(13)31-2/h3-6,9H,8,10H2,1-2H3,(H,29,30)(H2,22,24,25,26). The lowest BCUT2D eigenvalue weighted by Crippen LogP contribution is -2.13. The van der Waals surface area contributed by atoms with E-state index in [0.717, 1.165) is 5.56 Å². The molecule has 0 spiro atoms. The predicted octanol–water partition coefficient (Wildman–Crippen LogP) is 2.75. The van der Waals surface area contributed by atoms with Crippen molar-refractivity contribution in [1.29, 1.82) is 5.26 Å². The Hall–Kier alpha value is -4.66. The highest BCUT2D eigenvalue weighted by Crippen LogP contribution is 2.26. The number of hydrogen-bond acceptors (Lipinski definition) is 9. The molecule has 3 heterocycles. The van der Waals surface area contributed by atoms with Crippen molar-refractivity contribution in [1.82, 2.24) is 24.9 Å². The number of amides is 1. The Balaban J connectivity index is 1.73. The summed E-state index contributed by atoms with van der Waals surface area (Å²) in [6, 6.07) is 9.00. The molecule has 0 saturated carbocycles. The molecule has 0 bridgehead atoms. The van der Waals surface area contributed by atoms with Gasteiger partial charge < -0.3 is 19.7 Å². The number of rotatable bonds is 7. The summed E-state index contributed by atoms with van der Waals surface area (Å²) in [7, 11) is 1.53. The maximum atomic E-state index is 11.1. The number of carbonyl (C=O) groups is 1. The SMILES string of the molecule is COc1cc(C#N)ccc1Cn1ncc2nc(NC(=O)O)nc(NCc3cc(C)on3)c21. The van der Waals surface area contributed by atoms with E-state index in [0.29, 0.717) is 52.7 Å². The van der Waals surface area contributed by atoms with E-state index < -0.39 is 6.09 Å². The molecule has 4 aromatic rings. The first-order valence-electron chi connectivity index (χ1n) is 9.43. The Morgan fingerprint density at radius 2 is 2.19 bits per heavy atom. The number of aryl methyl sites for hydroxylation is 1. The number of anilines is 2. The van der Waals surface area contributed by atoms with Gasteiger partial charge in [-0.3, -0.25) is 10.00 Å². The lowest BCUT2D eigenvalue weighted by atomic mass is 10.1. The smallest absolute Gasteiger partial charge is 0.411 e. The van der Waals surface area contributed by atoms with Gasteiger partial charge in [0.25, 0.3) is 0 Å². The van der Waals surface area contributed by atoms with E-state index in [2.05, 4.69) is 36.9 Å². The van der Waals surface area contributed by atoms with Gasteiger partial charge in [0.1, 0.15) is 28.2 Å². The molecule has 4 rings (SSSR count). The molecule has 3 aromatic heterocycles. The van der Waals surface area contributed by atoms with Crippen LogP contribution in [0.2, 0.25) is 0 Å². The number of hydrogen-bond donors (Lipinski definition) is 3. The minimum absolute atomic E-state index is 0.0839. The average Bonchev–Trinajstić information content (AvgIpc) is 3.37. The molecule has 0 unspecified atom stereocenters. The molecule has 162 valence electrons. The van der Waals surface area contributed by atoms with Crippen molar-refractivity contribution in [2.45, 2.75) is 20.0 Å². The van der Waals surface area contributed by atoms with Crippen LogP contribution in [0.1, 0.15) is 22.6 Å². The first-order valence-corrected chi connectivity index (χ1v) is 9.43. The lowest BCUT2D eigenvalue weighted by molar-refractivity contribution is 0.209. The molecular weight excluding hydrogens is 416 g/mol. The molecule has 3 N–H and O–H groups in total. The molecule has 1 amide bonds. The second-order valence-corrected chi connectivity index (χ2v) is 6.78. The monoisotopic (exact) mass is 434 g/mol. The summed E-state index contributed by atoms with van der Waals surface area (Å²) < 4.78 is 12.2. The summed E-state index contributed by atoms with van der Waals surface area (Å²) in [6.07, 6.45) is 0.239. The first kappa shape index (κ1) is 20.6. The molecule has 32 heavy (non-hydrogen) atoms. The quantitative estimate of drug-likeness (QED) is 0.394. The summed E-state index contributed by atoms with van der Waals surface area (Å²) in [5, 5.41) is 31.8. The molecule has 12 nitrogen and oxygen atoms in total. The molecule has 0 aliphatic heterocycles. The van der Waals surface area contributed by atoms with Crippen LogP contribution in [0.5, 0.6) is 5.75 Å². The average molecular weight is 434 g/mol. The largest absolute Gasteiger partial charge is 0.496 e. The van der Waals surface area contributed by atoms with E-state index in [4.69, 9.17) is 19.6 Å². The highest BCUT2D eigenvalue weighted by Gasteiger charge is 2.17. The maximum Gasteiger partial charge on any atom is 0.411 e. The van der Waals surface area contributed by atoms with Crippen molar-refractivity contribution >= 4 is 28.9 Å². The van der Waals surface area contributed by atoms with Gasteiger partial charge in [-0.05, 0) is 19.1 Å². The third-order valence-corrected chi connectivity index (χ3v) is 4.56. The summed E-state index contributed by atoms with van der Waals surface area (Å²) in [4.78, 5) is 19.6. The topological polar surface area (TPSA) is 164 Å². The normalized spacial score (nSPS) is 10.7. The van der Waals surface area contributed by atoms with Crippen LogP contribution in [-0.2, 0) is 13.1 Å². The van der Waals surface area contributed by atoms with Crippen LogP contribution >= 0.6 is 0 Å². The Morgan fingerprint density at radius 3 is 2.88 bits per heavy atom. The fourth-order valence-corrected chi connectivity index (χ4v) is 3.18. The Kier molecular flexibility index (Phi) is 5.54. The van der Waals surface area contributed by atoms with Crippen LogP contribution in [-0.4, -0.2) is 43.2 Å². The number of fused-ring (bicyclic) bond motifs is 1. The van der Waals surface area contributed by atoms with Crippen LogP contribution < -0.4 is 15.4 Å². The Bertz CT molecular complexity index is 1340. The van der Waals surface area contributed by atoms with E-state index in [1.54, 1.807) is 35.9 Å². The van der Waals surface area contributed by atoms with Crippen LogP contribution in [0.3, 0.4) is 0 Å². The third-order valence-electron chi connectivity index (χ3n) is 4.56. The zero-order valence-corrected chi connectivity index (χ0v) is 17.2. The van der Waals surface area contributed by atoms with Crippen molar-refractivity contribution < 1.29 is 19.2 Å². The number of ether oxygens (including phenoxy) is 1. The van der Waals surface area contributed by atoms with E-state index in [-0.39, 0.29) is 5.95 Å². The van der Waals surface area contributed by atoms with Gasteiger partial charge in [-0.1, -0.05) is 11.2 Å². The van der Waals surface area contributed by atoms with Crippen molar-refractivity contribution in [2.24, 2.45) is 0 Å². The number of aromatic nitrogens is 5. The fourth-order valence-electron chi connectivity index (χ4n) is 3.18. The first-order chi connectivity index (χ1) is 15.5. The molecular formula is C20H18N8O4. The molecule has 0 radical (unpaired) electrons.